The summed E-state index contributed by atoms with van der Waals surface area (Å²) in [5, 5.41) is 44.0. The highest BCUT2D eigenvalue weighted by atomic mass is 16.4. The minimum Gasteiger partial charge on any atom is -0.480 e. The summed E-state index contributed by atoms with van der Waals surface area (Å²) in [4.78, 5) is 134. The molecule has 0 bridgehead atoms. The Kier molecular flexibility index (Phi) is 23.9. The average molecular weight is 819 g/mol. The van der Waals surface area contributed by atoms with Crippen LogP contribution < -0.4 is 65.9 Å². The van der Waals surface area contributed by atoms with Crippen LogP contribution in [0.15, 0.2) is 0 Å². The van der Waals surface area contributed by atoms with Crippen molar-refractivity contribution >= 4 is 65.0 Å². The molecule has 0 rings (SSSR count). The summed E-state index contributed by atoms with van der Waals surface area (Å²) in [6.07, 6.45) is -1.24. The number of carboxylic acids is 1. The second-order valence-corrected chi connectivity index (χ2v) is 12.6. The van der Waals surface area contributed by atoms with Crippen molar-refractivity contribution in [2.75, 3.05) is 26.3 Å². The topological polar surface area (TPSA) is 463 Å². The van der Waals surface area contributed by atoms with Crippen molar-refractivity contribution in [1.82, 2.24) is 37.2 Å². The number of nitrogens with two attached hydrogens (primary N) is 5. The van der Waals surface area contributed by atoms with E-state index in [9.17, 15) is 63.0 Å². The van der Waals surface area contributed by atoms with E-state index in [1.54, 1.807) is 0 Å². The monoisotopic (exact) mass is 818 g/mol. The van der Waals surface area contributed by atoms with Crippen molar-refractivity contribution in [3.63, 3.8) is 0 Å². The number of aliphatic carboxylic acids is 1. The lowest BCUT2D eigenvalue weighted by Crippen LogP contribution is -2.59. The highest BCUT2D eigenvalue weighted by Crippen LogP contribution is 2.05. The molecule has 26 nitrogen and oxygen atoms in total. The van der Waals surface area contributed by atoms with E-state index in [2.05, 4.69) is 26.6 Å². The van der Waals surface area contributed by atoms with Gasteiger partial charge >= 0.3 is 5.97 Å². The number of hydrogen-bond donors (Lipinski definition) is 15. The van der Waals surface area contributed by atoms with Crippen LogP contribution in [-0.2, 0) is 52.7 Å². The minimum atomic E-state index is -1.78. The number of aliphatic hydroxyl groups is 2. The Morgan fingerprint density at radius 1 is 0.544 bits per heavy atom. The van der Waals surface area contributed by atoms with Crippen molar-refractivity contribution < 1.29 is 68.1 Å². The van der Waals surface area contributed by atoms with Crippen LogP contribution in [0.1, 0.15) is 58.3 Å². The Morgan fingerprint density at radius 3 is 1.53 bits per heavy atom. The van der Waals surface area contributed by atoms with E-state index in [1.807, 2.05) is 10.6 Å². The van der Waals surface area contributed by atoms with E-state index in [0.717, 1.165) is 0 Å². The molecule has 0 saturated heterocycles. The van der Waals surface area contributed by atoms with Crippen molar-refractivity contribution in [1.29, 1.82) is 0 Å². The molecule has 7 atom stereocenters. The van der Waals surface area contributed by atoms with Crippen LogP contribution in [-0.4, -0.2) is 149 Å². The van der Waals surface area contributed by atoms with Gasteiger partial charge in [0.2, 0.25) is 59.1 Å². The SMILES string of the molecule is CC(NC(=O)C(N)CCC(N)=O)C(=O)NC(CCCCN)C(=O)NC(CO)C(=O)NC(CCC(N)=O)C(=O)NCC(=O)NC(CO)C(=O)NC(CC(N)=O)C(=O)O. The van der Waals surface area contributed by atoms with Gasteiger partial charge in [0.25, 0.3) is 0 Å². The number of unbranched alkanes of at least 4 members (excludes halogenated alkanes) is 1. The standard InChI is InChI=1S/C31H54N12O14/c1-14(38-26(51)15(33)5-7-21(34)46)25(50)40-16(4-2-3-9-32)28(53)43-20(13-45)30(55)41-17(6-8-22(35)47)27(52)37-11-24(49)39-19(12-44)29(54)42-18(31(56)57)10-23(36)48/h14-20,44-45H,2-13,32-33H2,1H3,(H2,34,46)(H2,35,47)(H2,36,48)(H,37,52)(H,38,51)(H,39,49)(H,40,50)(H,41,55)(H,42,54)(H,43,53)(H,56,57). The van der Waals surface area contributed by atoms with E-state index < -0.39 is 146 Å². The van der Waals surface area contributed by atoms with E-state index in [0.29, 0.717) is 12.8 Å². The van der Waals surface area contributed by atoms with Crippen molar-refractivity contribution in [2.24, 2.45) is 28.7 Å². The second-order valence-electron chi connectivity index (χ2n) is 12.6. The molecule has 0 fully saturated rings. The van der Waals surface area contributed by atoms with Gasteiger partial charge in [-0.1, -0.05) is 0 Å². The lowest BCUT2D eigenvalue weighted by atomic mass is 10.1. The van der Waals surface area contributed by atoms with Gasteiger partial charge in [-0.15, -0.1) is 0 Å². The number of nitrogens with one attached hydrogen (secondary N) is 7. The zero-order valence-corrected chi connectivity index (χ0v) is 31.2. The summed E-state index contributed by atoms with van der Waals surface area (Å²) >= 11 is 0. The molecule has 0 radical (unpaired) electrons. The van der Waals surface area contributed by atoms with E-state index in [1.165, 1.54) is 6.92 Å². The number of carbonyl (C=O) groups is 11. The molecule has 0 spiro atoms. The van der Waals surface area contributed by atoms with Gasteiger partial charge in [0.1, 0.15) is 36.3 Å². The first-order valence-electron chi connectivity index (χ1n) is 17.5. The number of aliphatic hydroxyl groups excluding tert-OH is 2. The first kappa shape index (κ1) is 51.0. The summed E-state index contributed by atoms with van der Waals surface area (Å²) in [6, 6.07) is -10.6. The van der Waals surface area contributed by atoms with Crippen LogP contribution in [0.3, 0.4) is 0 Å². The van der Waals surface area contributed by atoms with Crippen molar-refractivity contribution in [2.45, 2.75) is 101 Å². The smallest absolute Gasteiger partial charge is 0.326 e. The largest absolute Gasteiger partial charge is 0.480 e. The maximum atomic E-state index is 13.3. The molecule has 0 aromatic rings. The highest BCUT2D eigenvalue weighted by molar-refractivity contribution is 5.97. The number of carbonyl (C=O) groups excluding carboxylic acids is 10. The van der Waals surface area contributed by atoms with Gasteiger partial charge in [-0.05, 0) is 45.6 Å². The molecular formula is C31H54N12O14. The maximum absolute atomic E-state index is 13.3. The molecule has 0 aliphatic carbocycles. The van der Waals surface area contributed by atoms with Gasteiger partial charge in [0.15, 0.2) is 0 Å². The molecule has 0 heterocycles. The summed E-state index contributed by atoms with van der Waals surface area (Å²) < 4.78 is 0. The normalized spacial score (nSPS) is 14.4. The van der Waals surface area contributed by atoms with Crippen molar-refractivity contribution in [3.05, 3.63) is 0 Å². The predicted molar refractivity (Wildman–Crippen MR) is 194 cm³/mol. The Labute approximate surface area is 325 Å². The van der Waals surface area contributed by atoms with Crippen LogP contribution >= 0.6 is 0 Å². The quantitative estimate of drug-likeness (QED) is 0.0312. The maximum Gasteiger partial charge on any atom is 0.326 e. The van der Waals surface area contributed by atoms with E-state index in [-0.39, 0.29) is 25.8 Å². The average Bonchev–Trinajstić information content (AvgIpc) is 3.13. The first-order chi connectivity index (χ1) is 26.7. The molecule has 0 aliphatic rings. The molecule has 322 valence electrons. The van der Waals surface area contributed by atoms with Gasteiger partial charge in [0.05, 0.1) is 32.2 Å². The third kappa shape index (κ3) is 21.0. The van der Waals surface area contributed by atoms with Gasteiger partial charge in [-0.3, -0.25) is 47.9 Å². The molecule has 20 N–H and O–H groups in total. The fourth-order valence-electron chi connectivity index (χ4n) is 4.57. The number of rotatable bonds is 29. The molecule has 7 unspecified atom stereocenters. The fraction of sp³-hybridized carbons (Fsp3) is 0.645. The summed E-state index contributed by atoms with van der Waals surface area (Å²) in [5.74, 6) is -11.4. The number of primary amides is 3. The van der Waals surface area contributed by atoms with Crippen LogP contribution in [0.4, 0.5) is 0 Å². The second kappa shape index (κ2) is 26.8. The van der Waals surface area contributed by atoms with Crippen LogP contribution in [0, 0.1) is 0 Å². The zero-order valence-electron chi connectivity index (χ0n) is 31.2. The third-order valence-electron chi connectivity index (χ3n) is 7.78. The predicted octanol–water partition coefficient (Wildman–Crippen LogP) is -9.04. The van der Waals surface area contributed by atoms with E-state index in [4.69, 9.17) is 33.8 Å². The molecule has 0 aromatic heterocycles. The van der Waals surface area contributed by atoms with Gasteiger partial charge in [0, 0.05) is 12.8 Å². The number of carboxylic acid groups (broad SMARTS) is 1. The van der Waals surface area contributed by atoms with Gasteiger partial charge < -0.3 is 81.2 Å². The van der Waals surface area contributed by atoms with E-state index >= 15 is 0 Å². The van der Waals surface area contributed by atoms with Gasteiger partial charge in [-0.2, -0.15) is 0 Å². The summed E-state index contributed by atoms with van der Waals surface area (Å²) in [6.45, 7) is -1.44. The summed E-state index contributed by atoms with van der Waals surface area (Å²) in [5.41, 5.74) is 26.4. The molecular weight excluding hydrogens is 764 g/mol. The molecule has 10 amide bonds. The Bertz CT molecular complexity index is 1460. The fourth-order valence-corrected chi connectivity index (χ4v) is 4.57. The van der Waals surface area contributed by atoms with Crippen LogP contribution in [0.5, 0.6) is 0 Å². The van der Waals surface area contributed by atoms with Crippen LogP contribution in [0.2, 0.25) is 0 Å². The molecule has 0 aromatic carbocycles. The van der Waals surface area contributed by atoms with Gasteiger partial charge in [-0.25, -0.2) is 4.79 Å². The minimum absolute atomic E-state index is 0.00858. The van der Waals surface area contributed by atoms with Crippen LogP contribution in [0.25, 0.3) is 0 Å². The lowest BCUT2D eigenvalue weighted by Gasteiger charge is -2.25. The Balaban J connectivity index is 5.70. The molecule has 57 heavy (non-hydrogen) atoms. The Hall–Kier alpha value is -5.99. The molecule has 0 saturated carbocycles. The molecule has 0 aliphatic heterocycles. The molecule has 26 heteroatoms. The van der Waals surface area contributed by atoms with Crippen molar-refractivity contribution in [3.8, 4) is 0 Å². The summed E-state index contributed by atoms with van der Waals surface area (Å²) in [7, 11) is 0. The highest BCUT2D eigenvalue weighted by Gasteiger charge is 2.32. The number of hydrogen-bond acceptors (Lipinski definition) is 15. The third-order valence-corrected chi connectivity index (χ3v) is 7.78. The zero-order chi connectivity index (χ0) is 43.8. The number of amides is 10. The first-order valence-corrected chi connectivity index (χ1v) is 17.5. The Morgan fingerprint density at radius 2 is 1.02 bits per heavy atom. The lowest BCUT2D eigenvalue weighted by molar-refractivity contribution is -0.144.